The highest BCUT2D eigenvalue weighted by Gasteiger charge is 2.21. The van der Waals surface area contributed by atoms with E-state index >= 15 is 0 Å². The Morgan fingerprint density at radius 1 is 1.13 bits per heavy atom. The van der Waals surface area contributed by atoms with E-state index in [1.807, 2.05) is 19.0 Å². The number of hydrogen-bond donors (Lipinski definition) is 2. The van der Waals surface area contributed by atoms with Crippen molar-refractivity contribution in [3.8, 4) is 0 Å². The topological polar surface area (TPSA) is 81.8 Å². The molecule has 1 aromatic carbocycles. The molecule has 1 fully saturated rings. The molecule has 0 saturated carbocycles. The van der Waals surface area contributed by atoms with E-state index in [4.69, 9.17) is 11.6 Å². The van der Waals surface area contributed by atoms with Gasteiger partial charge in [0.2, 0.25) is 5.91 Å². The fourth-order valence-corrected chi connectivity index (χ4v) is 4.44. The number of piperidine rings is 1. The van der Waals surface area contributed by atoms with Crippen LogP contribution >= 0.6 is 22.9 Å². The summed E-state index contributed by atoms with van der Waals surface area (Å²) in [5.74, 6) is -0.320. The highest BCUT2D eigenvalue weighted by molar-refractivity contribution is 7.18. The average Bonchev–Trinajstić information content (AvgIpc) is 3.18. The molecule has 3 amide bonds. The van der Waals surface area contributed by atoms with E-state index in [1.165, 1.54) is 11.3 Å². The van der Waals surface area contributed by atoms with E-state index < -0.39 is 0 Å². The molecule has 2 N–H and O–H groups in total. The summed E-state index contributed by atoms with van der Waals surface area (Å²) < 4.78 is 0.554. The molecule has 9 heteroatoms. The van der Waals surface area contributed by atoms with Crippen molar-refractivity contribution in [3.05, 3.63) is 51.2 Å². The van der Waals surface area contributed by atoms with Crippen LogP contribution < -0.4 is 15.5 Å². The number of carbonyl (C=O) groups is 3. The SMILES string of the molecule is CN(C)CC(CNC(=O)c1ccc(Cl)s1)NC(=O)c1ccc(N2CCCCC2=O)cc1. The van der Waals surface area contributed by atoms with Gasteiger partial charge in [-0.2, -0.15) is 0 Å². The maximum atomic E-state index is 12.8. The molecule has 2 aromatic rings. The van der Waals surface area contributed by atoms with Gasteiger partial charge in [-0.1, -0.05) is 11.6 Å². The van der Waals surface area contributed by atoms with Crippen LogP contribution in [0.25, 0.3) is 0 Å². The fourth-order valence-electron chi connectivity index (χ4n) is 3.48. The third-order valence-electron chi connectivity index (χ3n) is 4.99. The summed E-state index contributed by atoms with van der Waals surface area (Å²) >= 11 is 7.11. The summed E-state index contributed by atoms with van der Waals surface area (Å²) in [7, 11) is 3.81. The van der Waals surface area contributed by atoms with Gasteiger partial charge in [0.1, 0.15) is 0 Å². The maximum Gasteiger partial charge on any atom is 0.261 e. The molecule has 1 aliphatic rings. The Morgan fingerprint density at radius 2 is 1.87 bits per heavy atom. The zero-order chi connectivity index (χ0) is 22.4. The minimum Gasteiger partial charge on any atom is -0.349 e. The number of nitrogens with one attached hydrogen (secondary N) is 2. The van der Waals surface area contributed by atoms with Crippen molar-refractivity contribution in [2.24, 2.45) is 0 Å². The lowest BCUT2D eigenvalue weighted by atomic mass is 10.1. The monoisotopic (exact) mass is 462 g/mol. The minimum atomic E-state index is -0.273. The summed E-state index contributed by atoms with van der Waals surface area (Å²) in [6.07, 6.45) is 2.49. The zero-order valence-electron chi connectivity index (χ0n) is 17.7. The van der Waals surface area contributed by atoms with Crippen LogP contribution in [0.5, 0.6) is 0 Å². The number of thiophene rings is 1. The Bertz CT molecular complexity index is 929. The highest BCUT2D eigenvalue weighted by Crippen LogP contribution is 2.22. The van der Waals surface area contributed by atoms with Crippen LogP contribution in [0.15, 0.2) is 36.4 Å². The predicted molar refractivity (Wildman–Crippen MR) is 124 cm³/mol. The first-order valence-corrected chi connectivity index (χ1v) is 11.4. The second-order valence-corrected chi connectivity index (χ2v) is 9.51. The summed E-state index contributed by atoms with van der Waals surface area (Å²) in [6.45, 7) is 1.57. The number of rotatable bonds is 8. The Morgan fingerprint density at radius 3 is 2.48 bits per heavy atom. The molecule has 1 aromatic heterocycles. The number of carbonyl (C=O) groups excluding carboxylic acids is 3. The molecule has 0 bridgehead atoms. The predicted octanol–water partition coefficient (Wildman–Crippen LogP) is 3.01. The lowest BCUT2D eigenvalue weighted by Gasteiger charge is -2.27. The Kier molecular flexibility index (Phi) is 8.06. The van der Waals surface area contributed by atoms with Crippen LogP contribution in [-0.4, -0.2) is 62.4 Å². The molecule has 0 radical (unpaired) electrons. The normalized spacial score (nSPS) is 15.1. The summed E-state index contributed by atoms with van der Waals surface area (Å²) in [6, 6.07) is 10.2. The van der Waals surface area contributed by atoms with Crippen LogP contribution in [0, 0.1) is 0 Å². The molecule has 31 heavy (non-hydrogen) atoms. The van der Waals surface area contributed by atoms with Crippen molar-refractivity contribution in [1.82, 2.24) is 15.5 Å². The van der Waals surface area contributed by atoms with Crippen molar-refractivity contribution in [2.75, 3.05) is 38.6 Å². The first-order chi connectivity index (χ1) is 14.8. The Labute approximate surface area is 191 Å². The second kappa shape index (κ2) is 10.7. The highest BCUT2D eigenvalue weighted by atomic mass is 35.5. The number of amides is 3. The molecule has 1 unspecified atom stereocenters. The second-order valence-electron chi connectivity index (χ2n) is 7.80. The maximum absolute atomic E-state index is 12.8. The van der Waals surface area contributed by atoms with Crippen LogP contribution in [0.1, 0.15) is 39.3 Å². The molecule has 1 aliphatic heterocycles. The lowest BCUT2D eigenvalue weighted by molar-refractivity contribution is -0.119. The summed E-state index contributed by atoms with van der Waals surface area (Å²) in [4.78, 5) is 41.4. The van der Waals surface area contributed by atoms with Gasteiger partial charge in [0, 0.05) is 37.3 Å². The lowest BCUT2D eigenvalue weighted by Crippen LogP contribution is -2.48. The van der Waals surface area contributed by atoms with Gasteiger partial charge >= 0.3 is 0 Å². The molecule has 1 saturated heterocycles. The van der Waals surface area contributed by atoms with E-state index in [9.17, 15) is 14.4 Å². The third kappa shape index (κ3) is 6.53. The molecular formula is C22H27ClN4O3S. The zero-order valence-corrected chi connectivity index (χ0v) is 19.3. The van der Waals surface area contributed by atoms with Gasteiger partial charge in [-0.05, 0) is 63.3 Å². The van der Waals surface area contributed by atoms with E-state index in [-0.39, 0.29) is 23.8 Å². The van der Waals surface area contributed by atoms with Gasteiger partial charge in [-0.15, -0.1) is 11.3 Å². The fraction of sp³-hybridized carbons (Fsp3) is 0.409. The minimum absolute atomic E-state index is 0.122. The van der Waals surface area contributed by atoms with Crippen LogP contribution in [0.3, 0.4) is 0 Å². The first kappa shape index (κ1) is 23.2. The van der Waals surface area contributed by atoms with Gasteiger partial charge < -0.3 is 20.4 Å². The standard InChI is InChI=1S/C22H27ClN4O3S/c1-26(2)14-16(13-24-22(30)18-10-11-19(23)31-18)25-21(29)15-6-8-17(9-7-15)27-12-4-3-5-20(27)28/h6-11,16H,3-5,12-14H2,1-2H3,(H,24,30)(H,25,29). The van der Waals surface area contributed by atoms with Gasteiger partial charge in [0.05, 0.1) is 15.3 Å². The smallest absolute Gasteiger partial charge is 0.261 e. The summed E-state index contributed by atoms with van der Waals surface area (Å²) in [5, 5.41) is 5.84. The van der Waals surface area contributed by atoms with Crippen molar-refractivity contribution in [1.29, 1.82) is 0 Å². The molecular weight excluding hydrogens is 436 g/mol. The Hall–Kier alpha value is -2.42. The molecule has 2 heterocycles. The number of benzene rings is 1. The molecule has 0 spiro atoms. The number of nitrogens with zero attached hydrogens (tertiary/aromatic N) is 2. The Balaban J connectivity index is 1.60. The van der Waals surface area contributed by atoms with Crippen molar-refractivity contribution >= 4 is 46.3 Å². The largest absolute Gasteiger partial charge is 0.349 e. The van der Waals surface area contributed by atoms with Crippen LogP contribution in [-0.2, 0) is 4.79 Å². The molecule has 3 rings (SSSR count). The van der Waals surface area contributed by atoms with E-state index in [0.717, 1.165) is 18.5 Å². The van der Waals surface area contributed by atoms with E-state index in [2.05, 4.69) is 10.6 Å². The van der Waals surface area contributed by atoms with Gasteiger partial charge in [-0.25, -0.2) is 0 Å². The third-order valence-corrected chi connectivity index (χ3v) is 6.22. The molecule has 7 nitrogen and oxygen atoms in total. The van der Waals surface area contributed by atoms with Crippen LogP contribution in [0.4, 0.5) is 5.69 Å². The van der Waals surface area contributed by atoms with Crippen molar-refractivity contribution in [3.63, 3.8) is 0 Å². The van der Waals surface area contributed by atoms with Gasteiger partial charge in [0.15, 0.2) is 0 Å². The van der Waals surface area contributed by atoms with E-state index in [1.54, 1.807) is 41.3 Å². The molecule has 0 aliphatic carbocycles. The first-order valence-electron chi connectivity index (χ1n) is 10.2. The average molecular weight is 463 g/mol. The molecule has 166 valence electrons. The van der Waals surface area contributed by atoms with Crippen molar-refractivity contribution < 1.29 is 14.4 Å². The number of halogens is 1. The van der Waals surface area contributed by atoms with Gasteiger partial charge in [-0.3, -0.25) is 14.4 Å². The van der Waals surface area contributed by atoms with Crippen LogP contribution in [0.2, 0.25) is 4.34 Å². The number of anilines is 1. The van der Waals surface area contributed by atoms with Crippen molar-refractivity contribution in [2.45, 2.75) is 25.3 Å². The molecule has 1 atom stereocenters. The summed E-state index contributed by atoms with van der Waals surface area (Å²) in [5.41, 5.74) is 1.32. The van der Waals surface area contributed by atoms with Gasteiger partial charge in [0.25, 0.3) is 11.8 Å². The van der Waals surface area contributed by atoms with E-state index in [0.29, 0.717) is 40.8 Å². The quantitative estimate of drug-likeness (QED) is 0.631. The number of hydrogen-bond acceptors (Lipinski definition) is 5. The number of likely N-dealkylation sites (N-methyl/N-ethyl adjacent to an activating group) is 1.